The second-order valence-electron chi connectivity index (χ2n) is 7.15. The van der Waals surface area contributed by atoms with E-state index >= 15 is 0 Å². The zero-order valence-corrected chi connectivity index (χ0v) is 17.1. The quantitative estimate of drug-likeness (QED) is 0.465. The molecule has 4 heteroatoms. The van der Waals surface area contributed by atoms with Gasteiger partial charge >= 0.3 is 0 Å². The van der Waals surface area contributed by atoms with Crippen LogP contribution < -0.4 is 0 Å². The van der Waals surface area contributed by atoms with Crippen LogP contribution in [0.3, 0.4) is 0 Å². The summed E-state index contributed by atoms with van der Waals surface area (Å²) in [6.07, 6.45) is 5.97. The molecule has 0 aliphatic heterocycles. The summed E-state index contributed by atoms with van der Waals surface area (Å²) in [5, 5.41) is 0. The molecule has 0 atom stereocenters. The van der Waals surface area contributed by atoms with Crippen LogP contribution in [0.1, 0.15) is 66.5 Å². The van der Waals surface area contributed by atoms with Crippen molar-refractivity contribution in [1.29, 1.82) is 0 Å². The van der Waals surface area contributed by atoms with E-state index in [-0.39, 0.29) is 5.92 Å². The number of aryl methyl sites for hydroxylation is 1. The van der Waals surface area contributed by atoms with Crippen molar-refractivity contribution >= 4 is 12.4 Å². The first-order chi connectivity index (χ1) is 13.7. The Morgan fingerprint density at radius 3 is 1.71 bits per heavy atom. The smallest absolute Gasteiger partial charge is 0.0641 e. The van der Waals surface area contributed by atoms with Gasteiger partial charge in [0.1, 0.15) is 0 Å². The normalized spacial score (nSPS) is 13.0. The predicted octanol–water partition coefficient (Wildman–Crippen LogP) is 5.49. The number of aliphatic imine (C=N–C) groups is 2. The van der Waals surface area contributed by atoms with Crippen LogP contribution in [-0.2, 0) is 0 Å². The lowest BCUT2D eigenvalue weighted by Crippen LogP contribution is -2.05. The maximum atomic E-state index is 4.45. The summed E-state index contributed by atoms with van der Waals surface area (Å²) in [4.78, 5) is 16.0. The average molecular weight is 375 g/mol. The lowest BCUT2D eigenvalue weighted by atomic mass is 9.92. The van der Waals surface area contributed by atoms with Crippen molar-refractivity contribution in [3.63, 3.8) is 0 Å². The largest absolute Gasteiger partial charge is 0.357 e. The van der Waals surface area contributed by atoms with Crippen molar-refractivity contribution in [3.8, 4) is 0 Å². The number of nitrogens with zero attached hydrogens (tertiary/aromatic N) is 2. The topological polar surface area (TPSA) is 56.3 Å². The van der Waals surface area contributed by atoms with E-state index in [9.17, 15) is 0 Å². The van der Waals surface area contributed by atoms with E-state index in [1.54, 1.807) is 0 Å². The highest BCUT2D eigenvalue weighted by Crippen LogP contribution is 2.31. The summed E-state index contributed by atoms with van der Waals surface area (Å²) in [6.45, 7) is 8.10. The van der Waals surface area contributed by atoms with Gasteiger partial charge in [0.05, 0.1) is 17.3 Å². The lowest BCUT2D eigenvalue weighted by Gasteiger charge is -2.16. The minimum atomic E-state index is 0.113. The molecule has 2 N–H and O–H groups in total. The molecule has 28 heavy (non-hydrogen) atoms. The van der Waals surface area contributed by atoms with Gasteiger partial charge in [-0.25, -0.2) is 0 Å². The van der Waals surface area contributed by atoms with Crippen LogP contribution in [-0.4, -0.2) is 35.5 Å². The minimum absolute atomic E-state index is 0.113. The Morgan fingerprint density at radius 1 is 0.750 bits per heavy atom. The maximum absolute atomic E-state index is 4.45. The fraction of sp³-hybridized carbons (Fsp3) is 0.333. The molecule has 1 aromatic carbocycles. The van der Waals surface area contributed by atoms with Gasteiger partial charge in [-0.2, -0.15) is 0 Å². The molecule has 3 rings (SSSR count). The Morgan fingerprint density at radius 2 is 1.25 bits per heavy atom. The zero-order chi connectivity index (χ0) is 19.8. The fourth-order valence-corrected chi connectivity index (χ4v) is 3.22. The van der Waals surface area contributed by atoms with E-state index in [0.29, 0.717) is 0 Å². The first-order valence-electron chi connectivity index (χ1n) is 10.1. The summed E-state index contributed by atoms with van der Waals surface area (Å²) >= 11 is 0. The van der Waals surface area contributed by atoms with Gasteiger partial charge in [0.25, 0.3) is 0 Å². The van der Waals surface area contributed by atoms with E-state index in [0.717, 1.165) is 48.7 Å². The van der Waals surface area contributed by atoms with Gasteiger partial charge in [0.2, 0.25) is 0 Å². The second-order valence-corrected chi connectivity index (χ2v) is 7.15. The molecule has 3 aromatic rings. The van der Waals surface area contributed by atoms with Crippen LogP contribution in [0.2, 0.25) is 0 Å². The molecule has 0 unspecified atom stereocenters. The molecule has 0 radical (unpaired) electrons. The molecule has 146 valence electrons. The first kappa shape index (κ1) is 19.9. The van der Waals surface area contributed by atoms with Crippen molar-refractivity contribution in [1.82, 2.24) is 9.97 Å². The standard InChI is InChI=1S/C24H30N4/c1-4-14-25-16-20-10-12-22(27-20)24(19-8-6-18(3)7-9-19)23-13-11-21(28-23)17-26-15-5-2/h6-13,16-17,24,27-28H,4-5,14-15H2,1-3H3. The van der Waals surface area contributed by atoms with Crippen LogP contribution >= 0.6 is 0 Å². The Balaban J connectivity index is 1.93. The maximum Gasteiger partial charge on any atom is 0.0641 e. The Hall–Kier alpha value is -2.88. The molecule has 0 aliphatic carbocycles. The molecular formula is C24H30N4. The highest BCUT2D eigenvalue weighted by molar-refractivity contribution is 5.78. The molecule has 0 spiro atoms. The molecule has 0 aliphatic rings. The van der Waals surface area contributed by atoms with Crippen LogP contribution in [0, 0.1) is 6.92 Å². The van der Waals surface area contributed by atoms with E-state index < -0.39 is 0 Å². The molecule has 0 saturated carbocycles. The fourth-order valence-electron chi connectivity index (χ4n) is 3.22. The number of hydrogen-bond acceptors (Lipinski definition) is 2. The van der Waals surface area contributed by atoms with E-state index in [2.05, 4.69) is 89.3 Å². The summed E-state index contributed by atoms with van der Waals surface area (Å²) < 4.78 is 0. The van der Waals surface area contributed by atoms with Gasteiger partial charge in [0, 0.05) is 36.9 Å². The molecule has 0 bridgehead atoms. The van der Waals surface area contributed by atoms with E-state index in [1.165, 1.54) is 11.1 Å². The Labute approximate surface area is 167 Å². The summed E-state index contributed by atoms with van der Waals surface area (Å²) in [6, 6.07) is 17.3. The number of hydrogen-bond donors (Lipinski definition) is 2. The van der Waals surface area contributed by atoms with Gasteiger partial charge in [-0.3, -0.25) is 9.98 Å². The molecule has 2 aromatic heterocycles. The van der Waals surface area contributed by atoms with Crippen LogP contribution in [0.5, 0.6) is 0 Å². The van der Waals surface area contributed by atoms with Crippen molar-refractivity contribution in [2.75, 3.05) is 13.1 Å². The summed E-state index contributed by atoms with van der Waals surface area (Å²) in [7, 11) is 0. The number of benzene rings is 1. The molecular weight excluding hydrogens is 344 g/mol. The van der Waals surface area contributed by atoms with Crippen LogP contribution in [0.25, 0.3) is 0 Å². The molecule has 0 saturated heterocycles. The van der Waals surface area contributed by atoms with E-state index in [4.69, 9.17) is 0 Å². The van der Waals surface area contributed by atoms with E-state index in [1.807, 2.05) is 12.4 Å². The molecule has 4 nitrogen and oxygen atoms in total. The summed E-state index contributed by atoms with van der Waals surface area (Å²) in [5.74, 6) is 0.113. The van der Waals surface area contributed by atoms with Crippen LogP contribution in [0.15, 0.2) is 58.5 Å². The van der Waals surface area contributed by atoms with Gasteiger partial charge in [-0.1, -0.05) is 43.7 Å². The third-order valence-electron chi connectivity index (χ3n) is 4.66. The van der Waals surface area contributed by atoms with Crippen molar-refractivity contribution in [2.45, 2.75) is 39.5 Å². The van der Waals surface area contributed by atoms with Gasteiger partial charge in [-0.15, -0.1) is 0 Å². The molecule has 0 amide bonds. The number of nitrogens with one attached hydrogen (secondary N) is 2. The third kappa shape index (κ3) is 5.10. The zero-order valence-electron chi connectivity index (χ0n) is 17.1. The van der Waals surface area contributed by atoms with Gasteiger partial charge in [0.15, 0.2) is 0 Å². The third-order valence-corrected chi connectivity index (χ3v) is 4.66. The number of aromatic amines is 2. The SMILES string of the molecule is CCCN=Cc1ccc(C(c2ccc(C)cc2)c2ccc(C=NCCC)[nH]2)[nH]1. The minimum Gasteiger partial charge on any atom is -0.357 e. The monoisotopic (exact) mass is 374 g/mol. The second kappa shape index (κ2) is 9.88. The molecule has 0 fully saturated rings. The predicted molar refractivity (Wildman–Crippen MR) is 119 cm³/mol. The van der Waals surface area contributed by atoms with Gasteiger partial charge in [-0.05, 0) is 49.6 Å². The van der Waals surface area contributed by atoms with Crippen molar-refractivity contribution in [3.05, 3.63) is 82.4 Å². The van der Waals surface area contributed by atoms with Crippen molar-refractivity contribution < 1.29 is 0 Å². The van der Waals surface area contributed by atoms with Crippen LogP contribution in [0.4, 0.5) is 0 Å². The van der Waals surface area contributed by atoms with Crippen molar-refractivity contribution in [2.24, 2.45) is 9.98 Å². The highest BCUT2D eigenvalue weighted by Gasteiger charge is 2.19. The lowest BCUT2D eigenvalue weighted by molar-refractivity contribution is 0.893. The number of rotatable bonds is 9. The average Bonchev–Trinajstić information content (AvgIpc) is 3.35. The summed E-state index contributed by atoms with van der Waals surface area (Å²) in [5.41, 5.74) is 6.90. The number of aromatic nitrogens is 2. The highest BCUT2D eigenvalue weighted by atomic mass is 14.8. The Kier molecular flexibility index (Phi) is 7.01. The first-order valence-corrected chi connectivity index (χ1v) is 10.1. The van der Waals surface area contributed by atoms with Gasteiger partial charge < -0.3 is 9.97 Å². The Bertz CT molecular complexity index is 858. The molecule has 2 heterocycles. The number of H-pyrrole nitrogens is 2.